The maximum atomic E-state index is 14.3. The Labute approximate surface area is 253 Å². The molecule has 7 nitrogen and oxygen atoms in total. The van der Waals surface area contributed by atoms with Crippen LogP contribution in [-0.4, -0.2) is 28.3 Å². The lowest BCUT2D eigenvalue weighted by molar-refractivity contribution is -0.138. The van der Waals surface area contributed by atoms with E-state index >= 15 is 0 Å². The molecule has 2 aromatic heterocycles. The second-order valence-corrected chi connectivity index (χ2v) is 11.5. The van der Waals surface area contributed by atoms with Gasteiger partial charge in [-0.2, -0.15) is 0 Å². The molecule has 0 amide bonds. The fraction of sp³-hybridized carbons (Fsp3) is 0.229. The summed E-state index contributed by atoms with van der Waals surface area (Å²) >= 11 is 1.33. The van der Waals surface area contributed by atoms with E-state index in [1.807, 2.05) is 79.7 Å². The number of hydrogen-bond donors (Lipinski definition) is 0. The van der Waals surface area contributed by atoms with Crippen LogP contribution in [-0.2, 0) is 9.53 Å². The number of esters is 1. The van der Waals surface area contributed by atoms with Gasteiger partial charge < -0.3 is 14.0 Å². The van der Waals surface area contributed by atoms with Gasteiger partial charge in [-0.1, -0.05) is 72.0 Å². The fourth-order valence-corrected chi connectivity index (χ4v) is 6.58. The summed E-state index contributed by atoms with van der Waals surface area (Å²) in [5, 5.41) is 1.07. The lowest BCUT2D eigenvalue weighted by Crippen LogP contribution is -2.40. The number of nitrogens with zero attached hydrogens (tertiary/aromatic N) is 3. The van der Waals surface area contributed by atoms with Crippen molar-refractivity contribution < 1.29 is 14.3 Å². The van der Waals surface area contributed by atoms with E-state index in [2.05, 4.69) is 36.7 Å². The van der Waals surface area contributed by atoms with Gasteiger partial charge >= 0.3 is 5.97 Å². The van der Waals surface area contributed by atoms with Crippen molar-refractivity contribution in [1.82, 2.24) is 9.13 Å². The monoisotopic (exact) mass is 591 g/mol. The van der Waals surface area contributed by atoms with E-state index in [1.54, 1.807) is 11.5 Å². The molecule has 0 saturated heterocycles. The van der Waals surface area contributed by atoms with Crippen molar-refractivity contribution in [2.75, 3.05) is 13.2 Å². The Morgan fingerprint density at radius 1 is 0.977 bits per heavy atom. The number of rotatable bonds is 8. The minimum Gasteiger partial charge on any atom is -0.494 e. The first-order valence-electron chi connectivity index (χ1n) is 14.5. The number of benzene rings is 3. The number of carbonyl (C=O) groups is 1. The van der Waals surface area contributed by atoms with Crippen LogP contribution < -0.4 is 19.6 Å². The van der Waals surface area contributed by atoms with Crippen molar-refractivity contribution >= 4 is 40.0 Å². The lowest BCUT2D eigenvalue weighted by atomic mass is 9.93. The highest BCUT2D eigenvalue weighted by atomic mass is 32.1. The maximum Gasteiger partial charge on any atom is 0.338 e. The predicted octanol–water partition coefficient (Wildman–Crippen LogP) is 5.87. The average molecular weight is 592 g/mol. The van der Waals surface area contributed by atoms with Crippen LogP contribution >= 0.6 is 11.3 Å². The second-order valence-electron chi connectivity index (χ2n) is 10.5. The number of carbonyl (C=O) groups excluding carboxylic acids is 1. The molecule has 0 bridgehead atoms. The van der Waals surface area contributed by atoms with E-state index in [0.717, 1.165) is 27.6 Å². The van der Waals surface area contributed by atoms with Gasteiger partial charge in [-0.05, 0) is 57.5 Å². The van der Waals surface area contributed by atoms with Crippen molar-refractivity contribution in [2.45, 2.75) is 39.8 Å². The summed E-state index contributed by atoms with van der Waals surface area (Å²) in [7, 11) is 0. The molecule has 8 heteroatoms. The molecule has 0 spiro atoms. The molecule has 0 saturated carbocycles. The molecule has 0 aliphatic carbocycles. The Morgan fingerprint density at radius 3 is 2.40 bits per heavy atom. The molecular weight excluding hydrogens is 558 g/mol. The van der Waals surface area contributed by atoms with E-state index < -0.39 is 12.0 Å². The Hall–Kier alpha value is -4.69. The van der Waals surface area contributed by atoms with E-state index in [0.29, 0.717) is 33.0 Å². The average Bonchev–Trinajstić information content (AvgIpc) is 3.55. The van der Waals surface area contributed by atoms with Gasteiger partial charge in [-0.15, -0.1) is 0 Å². The summed E-state index contributed by atoms with van der Waals surface area (Å²) in [6.45, 7) is 8.72. The van der Waals surface area contributed by atoms with E-state index in [1.165, 1.54) is 11.3 Å². The van der Waals surface area contributed by atoms with E-state index in [4.69, 9.17) is 14.5 Å². The molecule has 5 aromatic rings. The molecule has 43 heavy (non-hydrogen) atoms. The van der Waals surface area contributed by atoms with Gasteiger partial charge in [0.1, 0.15) is 5.75 Å². The van der Waals surface area contributed by atoms with Crippen LogP contribution in [0.2, 0.25) is 0 Å². The second kappa shape index (κ2) is 11.9. The number of ether oxygens (including phenoxy) is 2. The van der Waals surface area contributed by atoms with E-state index in [9.17, 15) is 9.59 Å². The SMILES string of the molecule is CCOC(=O)C1=C(c2ccccc2)N=c2s/c(=C\c3cn(C(C)C)c4ccccc34)c(=O)n2[C@H]1c1ccc(OCC)cc1. The van der Waals surface area contributed by atoms with Gasteiger partial charge in [0.05, 0.1) is 35.1 Å². The Kier molecular flexibility index (Phi) is 7.86. The fourth-order valence-electron chi connectivity index (χ4n) is 5.58. The topological polar surface area (TPSA) is 74.8 Å². The predicted molar refractivity (Wildman–Crippen MR) is 171 cm³/mol. The Morgan fingerprint density at radius 2 is 1.70 bits per heavy atom. The summed E-state index contributed by atoms with van der Waals surface area (Å²) in [5.41, 5.74) is 4.23. The number of fused-ring (bicyclic) bond motifs is 2. The van der Waals surface area contributed by atoms with Gasteiger partial charge in [-0.25, -0.2) is 9.79 Å². The highest BCUT2D eigenvalue weighted by Gasteiger charge is 2.35. The van der Waals surface area contributed by atoms with Gasteiger partial charge in [0.25, 0.3) is 5.56 Å². The normalized spacial score (nSPS) is 15.1. The summed E-state index contributed by atoms with van der Waals surface area (Å²) in [6, 6.07) is 24.8. The quantitative estimate of drug-likeness (QED) is 0.212. The number of hydrogen-bond acceptors (Lipinski definition) is 6. The zero-order chi connectivity index (χ0) is 30.1. The third kappa shape index (κ3) is 5.23. The molecule has 6 rings (SSSR count). The number of para-hydroxylation sites is 1. The van der Waals surface area contributed by atoms with Gasteiger partial charge in [-0.3, -0.25) is 9.36 Å². The van der Waals surface area contributed by atoms with Crippen LogP contribution in [0.4, 0.5) is 0 Å². The van der Waals surface area contributed by atoms with Gasteiger partial charge in [0.15, 0.2) is 4.80 Å². The van der Waals surface area contributed by atoms with Crippen molar-refractivity contribution in [3.63, 3.8) is 0 Å². The molecule has 0 N–H and O–H groups in total. The first-order chi connectivity index (χ1) is 20.9. The van der Waals surface area contributed by atoms with Crippen LogP contribution in [0.1, 0.15) is 56.5 Å². The minimum atomic E-state index is -0.736. The molecule has 0 radical (unpaired) electrons. The van der Waals surface area contributed by atoms with Crippen molar-refractivity contribution in [1.29, 1.82) is 0 Å². The lowest BCUT2D eigenvalue weighted by Gasteiger charge is -2.26. The summed E-state index contributed by atoms with van der Waals surface area (Å²) in [6.07, 6.45) is 4.04. The highest BCUT2D eigenvalue weighted by molar-refractivity contribution is 7.07. The molecule has 0 unspecified atom stereocenters. The summed E-state index contributed by atoms with van der Waals surface area (Å²) in [4.78, 5) is 33.4. The largest absolute Gasteiger partial charge is 0.494 e. The maximum absolute atomic E-state index is 14.3. The van der Waals surface area contributed by atoms with Gasteiger partial charge in [0.2, 0.25) is 0 Å². The number of aromatic nitrogens is 2. The minimum absolute atomic E-state index is 0.199. The third-order valence-corrected chi connectivity index (χ3v) is 8.48. The van der Waals surface area contributed by atoms with Crippen molar-refractivity contribution in [3.8, 4) is 5.75 Å². The van der Waals surface area contributed by atoms with Crippen LogP contribution in [0.3, 0.4) is 0 Å². The van der Waals surface area contributed by atoms with Crippen LogP contribution in [0, 0.1) is 0 Å². The smallest absolute Gasteiger partial charge is 0.338 e. The molecule has 1 aliphatic rings. The Balaban J connectivity index is 1.63. The van der Waals surface area contributed by atoms with Crippen LogP contribution in [0.25, 0.3) is 22.7 Å². The van der Waals surface area contributed by atoms with Crippen molar-refractivity contribution in [2.24, 2.45) is 4.99 Å². The molecule has 3 heterocycles. The molecule has 1 atom stereocenters. The first kappa shape index (κ1) is 28.4. The zero-order valence-corrected chi connectivity index (χ0v) is 25.4. The first-order valence-corrected chi connectivity index (χ1v) is 15.3. The molecule has 0 fully saturated rings. The molecular formula is C35H33N3O4S. The van der Waals surface area contributed by atoms with Gasteiger partial charge in [0, 0.05) is 34.3 Å². The zero-order valence-electron chi connectivity index (χ0n) is 24.6. The molecule has 3 aromatic carbocycles. The molecule has 1 aliphatic heterocycles. The summed E-state index contributed by atoms with van der Waals surface area (Å²) in [5.74, 6) is 0.211. The third-order valence-electron chi connectivity index (χ3n) is 7.49. The van der Waals surface area contributed by atoms with Crippen LogP contribution in [0.15, 0.2) is 100 Å². The van der Waals surface area contributed by atoms with Crippen molar-refractivity contribution in [3.05, 3.63) is 127 Å². The standard InChI is InChI=1S/C35H33N3O4S/c1-5-41-26-18-16-24(17-19-26)32-30(34(40)42-6-2)31(23-12-8-7-9-13-23)36-35-38(32)33(39)29(43-35)20-25-21-37(22(3)4)28-15-11-10-14-27(25)28/h7-22,32H,5-6H2,1-4H3/b29-20-/t32-/m0/s1. The van der Waals surface area contributed by atoms with E-state index in [-0.39, 0.29) is 18.2 Å². The number of thiazole rings is 1. The Bertz CT molecular complexity index is 2020. The van der Waals surface area contributed by atoms with Crippen LogP contribution in [0.5, 0.6) is 5.75 Å². The summed E-state index contributed by atoms with van der Waals surface area (Å²) < 4.78 is 15.6. The molecule has 218 valence electrons. The highest BCUT2D eigenvalue weighted by Crippen LogP contribution is 2.36.